The molecular formula is C22H30N4O4. The first kappa shape index (κ1) is 20.8. The zero-order valence-electron chi connectivity index (χ0n) is 17.8. The van der Waals surface area contributed by atoms with E-state index in [0.29, 0.717) is 0 Å². The van der Waals surface area contributed by atoms with Crippen LogP contribution in [0, 0.1) is 5.92 Å². The second-order valence-corrected chi connectivity index (χ2v) is 8.70. The molecule has 1 aromatic rings. The van der Waals surface area contributed by atoms with Crippen LogP contribution in [0.1, 0.15) is 43.7 Å². The van der Waals surface area contributed by atoms with E-state index in [4.69, 9.17) is 4.84 Å². The molecule has 0 radical (unpaired) electrons. The van der Waals surface area contributed by atoms with Gasteiger partial charge in [0.2, 0.25) is 11.8 Å². The molecule has 2 saturated heterocycles. The van der Waals surface area contributed by atoms with E-state index in [-0.39, 0.29) is 30.3 Å². The number of carbonyl (C=O) groups excluding carboxylic acids is 3. The fourth-order valence-electron chi connectivity index (χ4n) is 4.75. The van der Waals surface area contributed by atoms with Gasteiger partial charge in [-0.3, -0.25) is 24.1 Å². The number of amides is 3. The van der Waals surface area contributed by atoms with Crippen LogP contribution in [-0.2, 0) is 19.2 Å². The van der Waals surface area contributed by atoms with Crippen molar-refractivity contribution in [2.45, 2.75) is 50.3 Å². The number of likely N-dealkylation sites (N-methyl/N-ethyl adjacent to an activating group) is 1. The molecule has 2 heterocycles. The third-order valence-electron chi connectivity index (χ3n) is 6.44. The van der Waals surface area contributed by atoms with Crippen LogP contribution in [-0.4, -0.2) is 67.5 Å². The second-order valence-electron chi connectivity index (χ2n) is 8.70. The molecule has 1 aromatic carbocycles. The van der Waals surface area contributed by atoms with E-state index in [9.17, 15) is 14.4 Å². The lowest BCUT2D eigenvalue weighted by Crippen LogP contribution is -2.44. The van der Waals surface area contributed by atoms with Crippen molar-refractivity contribution in [1.82, 2.24) is 15.3 Å². The highest BCUT2D eigenvalue weighted by Crippen LogP contribution is 2.44. The van der Waals surface area contributed by atoms with Crippen LogP contribution in [0.3, 0.4) is 0 Å². The number of nitrogens with zero attached hydrogens (tertiary/aromatic N) is 3. The van der Waals surface area contributed by atoms with E-state index in [1.807, 2.05) is 43.3 Å². The van der Waals surface area contributed by atoms with Crippen molar-refractivity contribution < 1.29 is 19.2 Å². The van der Waals surface area contributed by atoms with Crippen LogP contribution in [0.15, 0.2) is 24.3 Å². The molecule has 3 atom stereocenters. The van der Waals surface area contributed by atoms with Gasteiger partial charge in [0.1, 0.15) is 6.54 Å². The maximum Gasteiger partial charge on any atom is 0.261 e. The number of rotatable bonds is 5. The average molecular weight is 415 g/mol. The number of likely N-dealkylation sites (tertiary alicyclic amines) is 1. The zero-order valence-corrected chi connectivity index (χ0v) is 17.8. The van der Waals surface area contributed by atoms with Crippen molar-refractivity contribution in [1.29, 1.82) is 0 Å². The number of hydroxylamine groups is 2. The summed E-state index contributed by atoms with van der Waals surface area (Å²) in [5, 5.41) is 4.62. The van der Waals surface area contributed by atoms with Crippen molar-refractivity contribution in [3.8, 4) is 0 Å². The summed E-state index contributed by atoms with van der Waals surface area (Å²) in [6.07, 6.45) is 4.60. The van der Waals surface area contributed by atoms with E-state index in [2.05, 4.69) is 5.32 Å². The lowest BCUT2D eigenvalue weighted by molar-refractivity contribution is -0.182. The van der Waals surface area contributed by atoms with Crippen LogP contribution in [0.4, 0.5) is 5.69 Å². The summed E-state index contributed by atoms with van der Waals surface area (Å²) in [6, 6.07) is 7.52. The van der Waals surface area contributed by atoms with Crippen LogP contribution >= 0.6 is 0 Å². The third-order valence-corrected chi connectivity index (χ3v) is 6.44. The first-order chi connectivity index (χ1) is 14.4. The highest BCUT2D eigenvalue weighted by molar-refractivity contribution is 6.07. The molecule has 0 spiro atoms. The van der Waals surface area contributed by atoms with E-state index in [0.717, 1.165) is 41.8 Å². The van der Waals surface area contributed by atoms with Crippen LogP contribution in [0.25, 0.3) is 0 Å². The largest absolute Gasteiger partial charge is 0.378 e. The van der Waals surface area contributed by atoms with Gasteiger partial charge in [0.25, 0.3) is 5.91 Å². The van der Waals surface area contributed by atoms with Crippen molar-refractivity contribution in [2.24, 2.45) is 5.92 Å². The molecule has 4 rings (SSSR count). The molecule has 1 saturated carbocycles. The molecule has 0 aromatic heterocycles. The predicted molar refractivity (Wildman–Crippen MR) is 111 cm³/mol. The minimum atomic E-state index is -0.872. The number of carbonyl (C=O) groups is 3. The molecule has 1 N–H and O–H groups in total. The van der Waals surface area contributed by atoms with E-state index < -0.39 is 18.1 Å². The first-order valence-corrected chi connectivity index (χ1v) is 10.7. The lowest BCUT2D eigenvalue weighted by atomic mass is 9.90. The van der Waals surface area contributed by atoms with Gasteiger partial charge in [0.15, 0.2) is 6.10 Å². The Morgan fingerprint density at radius 3 is 2.40 bits per heavy atom. The summed E-state index contributed by atoms with van der Waals surface area (Å²) >= 11 is 0. The van der Waals surface area contributed by atoms with Gasteiger partial charge in [-0.15, -0.1) is 0 Å². The van der Waals surface area contributed by atoms with Gasteiger partial charge in [-0.1, -0.05) is 31.4 Å². The smallest absolute Gasteiger partial charge is 0.261 e. The van der Waals surface area contributed by atoms with E-state index >= 15 is 0 Å². The zero-order chi connectivity index (χ0) is 21.4. The number of nitrogens with one attached hydrogen (secondary N) is 1. The SMILES string of the molecule is CN1C(=O)C2ON(CC(=O)NC3CCCCC3)C(c3ccc(N(C)C)cc3)C2C1=O. The Morgan fingerprint density at radius 1 is 1.10 bits per heavy atom. The van der Waals surface area contributed by atoms with Gasteiger partial charge >= 0.3 is 0 Å². The van der Waals surface area contributed by atoms with Crippen LogP contribution < -0.4 is 10.2 Å². The van der Waals surface area contributed by atoms with Gasteiger partial charge < -0.3 is 10.2 Å². The van der Waals surface area contributed by atoms with E-state index in [1.165, 1.54) is 18.5 Å². The van der Waals surface area contributed by atoms with E-state index in [1.54, 1.807) is 0 Å². The highest BCUT2D eigenvalue weighted by Gasteiger charge is 2.58. The third kappa shape index (κ3) is 3.81. The van der Waals surface area contributed by atoms with Gasteiger partial charge in [-0.2, -0.15) is 5.06 Å². The molecule has 1 aliphatic carbocycles. The number of anilines is 1. The summed E-state index contributed by atoms with van der Waals surface area (Å²) in [5.74, 6) is -1.39. The average Bonchev–Trinajstić information content (AvgIpc) is 3.20. The Kier molecular flexibility index (Phi) is 5.79. The fourth-order valence-corrected chi connectivity index (χ4v) is 4.75. The molecule has 3 fully saturated rings. The molecule has 3 aliphatic rings. The monoisotopic (exact) mass is 414 g/mol. The van der Waals surface area contributed by atoms with Crippen molar-refractivity contribution in [3.05, 3.63) is 29.8 Å². The van der Waals surface area contributed by atoms with Crippen molar-refractivity contribution in [2.75, 3.05) is 32.6 Å². The summed E-state index contributed by atoms with van der Waals surface area (Å²) in [6.45, 7) is -0.00608. The Balaban J connectivity index is 1.55. The molecule has 0 bridgehead atoms. The second kappa shape index (κ2) is 8.35. The van der Waals surface area contributed by atoms with Crippen molar-refractivity contribution >= 4 is 23.4 Å². The Morgan fingerprint density at radius 2 is 1.77 bits per heavy atom. The van der Waals surface area contributed by atoms with Gasteiger partial charge in [-0.05, 0) is 30.5 Å². The topological polar surface area (TPSA) is 82.2 Å². The molecule has 3 amide bonds. The Hall–Kier alpha value is -2.45. The number of imide groups is 1. The Bertz CT molecular complexity index is 819. The van der Waals surface area contributed by atoms with Gasteiger partial charge in [-0.25, -0.2) is 0 Å². The summed E-state index contributed by atoms with van der Waals surface area (Å²) in [4.78, 5) is 47.0. The quantitative estimate of drug-likeness (QED) is 0.735. The minimum Gasteiger partial charge on any atom is -0.378 e. The molecule has 8 nitrogen and oxygen atoms in total. The first-order valence-electron chi connectivity index (χ1n) is 10.7. The molecule has 3 unspecified atom stereocenters. The molecule has 2 aliphatic heterocycles. The van der Waals surface area contributed by atoms with Crippen LogP contribution in [0.2, 0.25) is 0 Å². The molecular weight excluding hydrogens is 384 g/mol. The molecule has 8 heteroatoms. The number of hydrogen-bond donors (Lipinski definition) is 1. The fraction of sp³-hybridized carbons (Fsp3) is 0.591. The van der Waals surface area contributed by atoms with Gasteiger partial charge in [0.05, 0.1) is 12.0 Å². The number of benzene rings is 1. The lowest BCUT2D eigenvalue weighted by Gasteiger charge is -2.28. The Labute approximate surface area is 177 Å². The van der Waals surface area contributed by atoms with Gasteiger partial charge in [0, 0.05) is 32.9 Å². The standard InChI is InChI=1S/C22H30N4O4/c1-24(2)16-11-9-14(10-12-16)19-18-20(22(29)25(3)21(18)28)30-26(19)13-17(27)23-15-7-5-4-6-8-15/h9-12,15,18-20H,4-8,13H2,1-3H3,(H,23,27). The maximum atomic E-state index is 12.8. The van der Waals surface area contributed by atoms with Crippen molar-refractivity contribution in [3.63, 3.8) is 0 Å². The molecule has 30 heavy (non-hydrogen) atoms. The minimum absolute atomic E-state index is 0.00608. The highest BCUT2D eigenvalue weighted by atomic mass is 16.7. The molecule has 162 valence electrons. The summed E-state index contributed by atoms with van der Waals surface area (Å²) in [5.41, 5.74) is 1.89. The number of fused-ring (bicyclic) bond motifs is 1. The maximum absolute atomic E-state index is 12.8. The predicted octanol–water partition coefficient (Wildman–Crippen LogP) is 1.47. The summed E-state index contributed by atoms with van der Waals surface area (Å²) in [7, 11) is 5.40. The number of hydrogen-bond acceptors (Lipinski definition) is 6. The summed E-state index contributed by atoms with van der Waals surface area (Å²) < 4.78 is 0. The normalized spacial score (nSPS) is 27.4. The van der Waals surface area contributed by atoms with Crippen LogP contribution in [0.5, 0.6) is 0 Å².